The van der Waals surface area contributed by atoms with Gasteiger partial charge in [0.15, 0.2) is 0 Å². The molecule has 0 bridgehead atoms. The molecule has 0 aliphatic heterocycles. The fourth-order valence-corrected chi connectivity index (χ4v) is 2.08. The van der Waals surface area contributed by atoms with Crippen molar-refractivity contribution in [1.29, 1.82) is 0 Å². The topological polar surface area (TPSA) is 55.1 Å². The number of halogens is 2. The average molecular weight is 293 g/mol. The molecule has 0 heterocycles. The minimum atomic E-state index is -1.35. The Kier molecular flexibility index (Phi) is 3.95. The summed E-state index contributed by atoms with van der Waals surface area (Å²) in [6.45, 7) is 1.54. The Morgan fingerprint density at radius 2 is 1.80 bits per heavy atom. The Bertz CT molecular complexity index is 630. The van der Waals surface area contributed by atoms with Crippen LogP contribution in [0, 0.1) is 5.82 Å². The minimum absolute atomic E-state index is 0.197. The van der Waals surface area contributed by atoms with Crippen LogP contribution in [-0.2, 0) is 10.3 Å². The molecule has 0 saturated carbocycles. The largest absolute Gasteiger partial charge is 0.368 e. The molecular formula is C15H14ClFN2O. The molecule has 3 N–H and O–H groups in total. The summed E-state index contributed by atoms with van der Waals surface area (Å²) < 4.78 is 13.9. The first-order chi connectivity index (χ1) is 9.43. The number of nitrogens with one attached hydrogen (secondary N) is 1. The lowest BCUT2D eigenvalue weighted by Crippen LogP contribution is -2.45. The highest BCUT2D eigenvalue weighted by molar-refractivity contribution is 6.30. The summed E-state index contributed by atoms with van der Waals surface area (Å²) in [5, 5.41) is 3.54. The lowest BCUT2D eigenvalue weighted by atomic mass is 9.90. The third kappa shape index (κ3) is 2.75. The first kappa shape index (κ1) is 14.3. The van der Waals surface area contributed by atoms with Crippen LogP contribution in [0.25, 0.3) is 0 Å². The lowest BCUT2D eigenvalue weighted by molar-refractivity contribution is -0.122. The second kappa shape index (κ2) is 5.51. The third-order valence-electron chi connectivity index (χ3n) is 3.14. The summed E-state index contributed by atoms with van der Waals surface area (Å²) in [6.07, 6.45) is 0. The highest BCUT2D eigenvalue weighted by atomic mass is 35.5. The van der Waals surface area contributed by atoms with E-state index in [9.17, 15) is 9.18 Å². The van der Waals surface area contributed by atoms with Crippen LogP contribution >= 0.6 is 11.6 Å². The number of hydrogen-bond donors (Lipinski definition) is 2. The van der Waals surface area contributed by atoms with Gasteiger partial charge in [-0.1, -0.05) is 29.8 Å². The van der Waals surface area contributed by atoms with Gasteiger partial charge in [-0.25, -0.2) is 4.39 Å². The van der Waals surface area contributed by atoms with Crippen molar-refractivity contribution in [2.24, 2.45) is 5.73 Å². The van der Waals surface area contributed by atoms with E-state index >= 15 is 0 Å². The maximum Gasteiger partial charge on any atom is 0.247 e. The predicted molar refractivity (Wildman–Crippen MR) is 78.0 cm³/mol. The van der Waals surface area contributed by atoms with E-state index in [2.05, 4.69) is 5.32 Å². The maximum atomic E-state index is 13.9. The second-order valence-corrected chi connectivity index (χ2v) is 5.04. The smallest absolute Gasteiger partial charge is 0.247 e. The molecule has 0 fully saturated rings. The Labute approximate surface area is 121 Å². The van der Waals surface area contributed by atoms with E-state index in [1.807, 2.05) is 0 Å². The summed E-state index contributed by atoms with van der Waals surface area (Å²) in [6, 6.07) is 12.8. The molecule has 104 valence electrons. The van der Waals surface area contributed by atoms with Gasteiger partial charge in [-0.15, -0.1) is 0 Å². The Hall–Kier alpha value is -2.07. The predicted octanol–water partition coefficient (Wildman–Crippen LogP) is 3.29. The van der Waals surface area contributed by atoms with Gasteiger partial charge in [-0.3, -0.25) is 4.79 Å². The van der Waals surface area contributed by atoms with Crippen molar-refractivity contribution in [3.63, 3.8) is 0 Å². The van der Waals surface area contributed by atoms with Gasteiger partial charge in [0.05, 0.1) is 0 Å². The lowest BCUT2D eigenvalue weighted by Gasteiger charge is -2.29. The van der Waals surface area contributed by atoms with E-state index < -0.39 is 17.3 Å². The van der Waals surface area contributed by atoms with Crippen LogP contribution in [-0.4, -0.2) is 5.91 Å². The molecule has 1 amide bonds. The summed E-state index contributed by atoms with van der Waals surface area (Å²) in [5.41, 5.74) is 4.93. The van der Waals surface area contributed by atoms with Crippen molar-refractivity contribution < 1.29 is 9.18 Å². The van der Waals surface area contributed by atoms with E-state index in [4.69, 9.17) is 17.3 Å². The Morgan fingerprint density at radius 3 is 2.35 bits per heavy atom. The molecular weight excluding hydrogens is 279 g/mol. The number of benzene rings is 2. The van der Waals surface area contributed by atoms with Crippen molar-refractivity contribution in [2.45, 2.75) is 12.5 Å². The molecule has 5 heteroatoms. The first-order valence-electron chi connectivity index (χ1n) is 6.02. The molecule has 2 aromatic carbocycles. The number of primary amides is 1. The zero-order chi connectivity index (χ0) is 14.8. The first-order valence-corrected chi connectivity index (χ1v) is 6.40. The number of amides is 1. The SMILES string of the molecule is CC(Nc1ccc(Cl)cc1)(C(N)=O)c1ccccc1F. The van der Waals surface area contributed by atoms with E-state index in [-0.39, 0.29) is 5.56 Å². The fraction of sp³-hybridized carbons (Fsp3) is 0.133. The quantitative estimate of drug-likeness (QED) is 0.908. The van der Waals surface area contributed by atoms with E-state index in [0.29, 0.717) is 10.7 Å². The fourth-order valence-electron chi connectivity index (χ4n) is 1.95. The monoisotopic (exact) mass is 292 g/mol. The number of nitrogens with two attached hydrogens (primary N) is 1. The molecule has 3 nitrogen and oxygen atoms in total. The molecule has 0 aliphatic rings. The molecule has 2 rings (SSSR count). The van der Waals surface area contributed by atoms with Crippen molar-refractivity contribution >= 4 is 23.2 Å². The van der Waals surface area contributed by atoms with Crippen molar-refractivity contribution in [3.8, 4) is 0 Å². The van der Waals surface area contributed by atoms with E-state index in [1.165, 1.54) is 12.1 Å². The number of rotatable bonds is 4. The molecule has 0 saturated heterocycles. The number of carbonyl (C=O) groups excluding carboxylic acids is 1. The molecule has 0 spiro atoms. The van der Waals surface area contributed by atoms with Gasteiger partial charge in [-0.05, 0) is 37.3 Å². The molecule has 2 aromatic rings. The normalized spacial score (nSPS) is 13.6. The number of carbonyl (C=O) groups is 1. The average Bonchev–Trinajstić information content (AvgIpc) is 2.41. The van der Waals surface area contributed by atoms with Crippen LogP contribution in [0.1, 0.15) is 12.5 Å². The molecule has 0 aliphatic carbocycles. The minimum Gasteiger partial charge on any atom is -0.368 e. The van der Waals surface area contributed by atoms with Crippen LogP contribution in [0.15, 0.2) is 48.5 Å². The van der Waals surface area contributed by atoms with Gasteiger partial charge in [0.1, 0.15) is 11.4 Å². The maximum absolute atomic E-state index is 13.9. The van der Waals surface area contributed by atoms with Crippen molar-refractivity contribution in [3.05, 3.63) is 64.9 Å². The van der Waals surface area contributed by atoms with E-state index in [1.54, 1.807) is 43.3 Å². The Balaban J connectivity index is 2.43. The summed E-state index contributed by atoms with van der Waals surface area (Å²) >= 11 is 5.81. The molecule has 0 aromatic heterocycles. The molecule has 1 unspecified atom stereocenters. The van der Waals surface area contributed by atoms with Crippen LogP contribution in [0.4, 0.5) is 10.1 Å². The van der Waals surface area contributed by atoms with Gasteiger partial charge in [-0.2, -0.15) is 0 Å². The van der Waals surface area contributed by atoms with Crippen LogP contribution < -0.4 is 11.1 Å². The zero-order valence-electron chi connectivity index (χ0n) is 10.9. The standard InChI is InChI=1S/C15H14ClFN2O/c1-15(14(18)20,12-4-2-3-5-13(12)17)19-11-8-6-10(16)7-9-11/h2-9,19H,1H3,(H2,18,20). The highest BCUT2D eigenvalue weighted by Gasteiger charge is 2.35. The second-order valence-electron chi connectivity index (χ2n) is 4.60. The third-order valence-corrected chi connectivity index (χ3v) is 3.40. The van der Waals surface area contributed by atoms with Gasteiger partial charge in [0, 0.05) is 16.3 Å². The van der Waals surface area contributed by atoms with E-state index in [0.717, 1.165) is 0 Å². The molecule has 20 heavy (non-hydrogen) atoms. The van der Waals surface area contributed by atoms with Crippen molar-refractivity contribution in [2.75, 3.05) is 5.32 Å². The van der Waals surface area contributed by atoms with Gasteiger partial charge in [0.25, 0.3) is 0 Å². The van der Waals surface area contributed by atoms with Gasteiger partial charge >= 0.3 is 0 Å². The highest BCUT2D eigenvalue weighted by Crippen LogP contribution is 2.28. The van der Waals surface area contributed by atoms with Crippen molar-refractivity contribution in [1.82, 2.24) is 0 Å². The summed E-state index contributed by atoms with van der Waals surface area (Å²) in [5.74, 6) is -1.16. The van der Waals surface area contributed by atoms with Crippen LogP contribution in [0.2, 0.25) is 5.02 Å². The van der Waals surface area contributed by atoms with Crippen LogP contribution in [0.3, 0.4) is 0 Å². The summed E-state index contributed by atoms with van der Waals surface area (Å²) in [4.78, 5) is 11.8. The number of anilines is 1. The Morgan fingerprint density at radius 1 is 1.20 bits per heavy atom. The van der Waals surface area contributed by atoms with Gasteiger partial charge < -0.3 is 11.1 Å². The zero-order valence-corrected chi connectivity index (χ0v) is 11.6. The summed E-state index contributed by atoms with van der Waals surface area (Å²) in [7, 11) is 0. The molecule has 1 atom stereocenters. The number of hydrogen-bond acceptors (Lipinski definition) is 2. The van der Waals surface area contributed by atoms with Gasteiger partial charge in [0.2, 0.25) is 5.91 Å². The molecule has 0 radical (unpaired) electrons. The van der Waals surface area contributed by atoms with Crippen LogP contribution in [0.5, 0.6) is 0 Å².